The second-order valence-corrected chi connectivity index (χ2v) is 10.3. The van der Waals surface area contributed by atoms with E-state index in [-0.39, 0.29) is 32.9 Å². The second kappa shape index (κ2) is 11.4. The third-order valence-corrected chi connectivity index (χ3v) is 6.91. The van der Waals surface area contributed by atoms with Gasteiger partial charge in [-0.3, -0.25) is 13.9 Å². The first-order valence-electron chi connectivity index (χ1n) is 9.79. The predicted molar refractivity (Wildman–Crippen MR) is 129 cm³/mol. The molecule has 0 spiro atoms. The predicted octanol–water partition coefficient (Wildman–Crippen LogP) is 4.11. The summed E-state index contributed by atoms with van der Waals surface area (Å²) in [6.07, 6.45) is 0.896. The third-order valence-electron chi connectivity index (χ3n) is 4.75. The van der Waals surface area contributed by atoms with E-state index in [1.165, 1.54) is 37.3 Å². The molecule has 0 saturated heterocycles. The van der Waals surface area contributed by atoms with Crippen molar-refractivity contribution in [2.45, 2.75) is 26.4 Å². The summed E-state index contributed by atoms with van der Waals surface area (Å²) in [4.78, 5) is 26.9. The molecule has 0 heterocycles. The largest absolute Gasteiger partial charge is 0.355 e. The van der Waals surface area contributed by atoms with Crippen LogP contribution in [-0.2, 0) is 26.2 Å². The Kier molecular flexibility index (Phi) is 9.37. The molecule has 2 aromatic carbocycles. The molecule has 2 rings (SSSR count). The summed E-state index contributed by atoms with van der Waals surface area (Å²) in [5, 5.41) is 2.71. The van der Waals surface area contributed by atoms with E-state index >= 15 is 0 Å². The molecule has 12 heteroatoms. The number of nitrogens with one attached hydrogen (secondary N) is 1. The summed E-state index contributed by atoms with van der Waals surface area (Å²) in [5.41, 5.74) is 0.110. The van der Waals surface area contributed by atoms with Gasteiger partial charge in [0.1, 0.15) is 18.4 Å². The lowest BCUT2D eigenvalue weighted by atomic mass is 10.1. The van der Waals surface area contributed by atoms with E-state index in [9.17, 15) is 22.4 Å². The summed E-state index contributed by atoms with van der Waals surface area (Å²) >= 11 is 18.1. The number of nitrogens with zero attached hydrogens (tertiary/aromatic N) is 2. The van der Waals surface area contributed by atoms with Crippen LogP contribution < -0.4 is 9.62 Å². The molecular formula is C21H23Cl3FN3O4S. The Morgan fingerprint density at radius 2 is 1.70 bits per heavy atom. The average molecular weight is 539 g/mol. The molecule has 1 N–H and O–H groups in total. The average Bonchev–Trinajstić information content (AvgIpc) is 2.73. The molecule has 2 amide bonds. The molecule has 33 heavy (non-hydrogen) atoms. The lowest BCUT2D eigenvalue weighted by Crippen LogP contribution is -2.51. The van der Waals surface area contributed by atoms with E-state index < -0.39 is 40.2 Å². The van der Waals surface area contributed by atoms with Crippen molar-refractivity contribution in [1.82, 2.24) is 10.2 Å². The fourth-order valence-electron chi connectivity index (χ4n) is 3.01. The fraction of sp³-hybridized carbons (Fsp3) is 0.333. The minimum atomic E-state index is -4.01. The van der Waals surface area contributed by atoms with Crippen LogP contribution in [0.25, 0.3) is 0 Å². The van der Waals surface area contributed by atoms with E-state index in [0.29, 0.717) is 6.54 Å². The van der Waals surface area contributed by atoms with Gasteiger partial charge in [-0.2, -0.15) is 0 Å². The molecule has 0 saturated carbocycles. The van der Waals surface area contributed by atoms with Crippen LogP contribution >= 0.6 is 34.8 Å². The zero-order valence-electron chi connectivity index (χ0n) is 18.1. The van der Waals surface area contributed by atoms with E-state index in [0.717, 1.165) is 15.5 Å². The van der Waals surface area contributed by atoms with Crippen molar-refractivity contribution < 1.29 is 22.4 Å². The minimum absolute atomic E-state index is 0.0380. The van der Waals surface area contributed by atoms with Gasteiger partial charge in [-0.05, 0) is 32.0 Å². The molecule has 0 radical (unpaired) electrons. The fourth-order valence-corrected chi connectivity index (χ4v) is 4.56. The number of benzene rings is 2. The molecule has 0 bridgehead atoms. The first-order chi connectivity index (χ1) is 15.4. The minimum Gasteiger partial charge on any atom is -0.355 e. The maximum atomic E-state index is 14.3. The van der Waals surface area contributed by atoms with Crippen molar-refractivity contribution in [3.8, 4) is 0 Å². The van der Waals surface area contributed by atoms with Crippen molar-refractivity contribution in [3.63, 3.8) is 0 Å². The van der Waals surface area contributed by atoms with Crippen LogP contribution in [-0.4, -0.2) is 50.5 Å². The molecule has 0 aliphatic heterocycles. The Morgan fingerprint density at radius 3 is 2.27 bits per heavy atom. The number of amides is 2. The summed E-state index contributed by atoms with van der Waals surface area (Å²) in [6.45, 7) is 2.55. The molecule has 1 unspecified atom stereocenters. The summed E-state index contributed by atoms with van der Waals surface area (Å²) in [7, 11) is -4.01. The standard InChI is InChI=1S/C21H23Cl3FN3O4S/c1-4-26-21(30)13(2)27(11-14-7-5-6-8-18(14)25)20(29)12-28(33(3,31)32)19-10-16(23)15(22)9-17(19)24/h5-10,13H,4,11-12H2,1-3H3,(H,26,30). The van der Waals surface area contributed by atoms with E-state index in [2.05, 4.69) is 5.32 Å². The number of anilines is 1. The summed E-state index contributed by atoms with van der Waals surface area (Å²) in [6, 6.07) is 7.28. The second-order valence-electron chi connectivity index (χ2n) is 7.17. The molecular weight excluding hydrogens is 516 g/mol. The molecule has 0 aliphatic carbocycles. The van der Waals surface area contributed by atoms with Crippen LogP contribution in [0.1, 0.15) is 19.4 Å². The maximum Gasteiger partial charge on any atom is 0.244 e. The number of carbonyl (C=O) groups is 2. The monoisotopic (exact) mass is 537 g/mol. The van der Waals surface area contributed by atoms with Gasteiger partial charge in [-0.25, -0.2) is 12.8 Å². The lowest BCUT2D eigenvalue weighted by molar-refractivity contribution is -0.139. The van der Waals surface area contributed by atoms with Crippen molar-refractivity contribution in [1.29, 1.82) is 0 Å². The van der Waals surface area contributed by atoms with Crippen LogP contribution in [0.3, 0.4) is 0 Å². The quantitative estimate of drug-likeness (QED) is 0.487. The van der Waals surface area contributed by atoms with Crippen molar-refractivity contribution >= 4 is 62.3 Å². The Labute approximate surface area is 207 Å². The van der Waals surface area contributed by atoms with Crippen LogP contribution in [0.2, 0.25) is 15.1 Å². The smallest absolute Gasteiger partial charge is 0.244 e. The van der Waals surface area contributed by atoms with E-state index in [1.54, 1.807) is 13.0 Å². The number of hydrogen-bond acceptors (Lipinski definition) is 4. The van der Waals surface area contributed by atoms with Gasteiger partial charge in [-0.1, -0.05) is 53.0 Å². The zero-order chi connectivity index (χ0) is 24.9. The topological polar surface area (TPSA) is 86.8 Å². The zero-order valence-corrected chi connectivity index (χ0v) is 21.2. The van der Waals surface area contributed by atoms with Gasteiger partial charge in [0.15, 0.2) is 0 Å². The highest BCUT2D eigenvalue weighted by atomic mass is 35.5. The van der Waals surface area contributed by atoms with Crippen molar-refractivity contribution in [3.05, 3.63) is 62.8 Å². The van der Waals surface area contributed by atoms with Crippen molar-refractivity contribution in [2.24, 2.45) is 0 Å². The SMILES string of the molecule is CCNC(=O)C(C)N(Cc1ccccc1F)C(=O)CN(c1cc(Cl)c(Cl)cc1Cl)S(C)(=O)=O. The Hall–Kier alpha value is -2.07. The van der Waals surface area contributed by atoms with Gasteiger partial charge in [0.25, 0.3) is 0 Å². The van der Waals surface area contributed by atoms with Crippen LogP contribution in [0.4, 0.5) is 10.1 Å². The van der Waals surface area contributed by atoms with Crippen LogP contribution in [0.15, 0.2) is 36.4 Å². The molecule has 0 aliphatic rings. The first kappa shape index (κ1) is 27.2. The Bertz CT molecular complexity index is 1150. The van der Waals surface area contributed by atoms with Gasteiger partial charge in [0.2, 0.25) is 21.8 Å². The van der Waals surface area contributed by atoms with Crippen LogP contribution in [0, 0.1) is 5.82 Å². The molecule has 1 atom stereocenters. The molecule has 180 valence electrons. The number of carbonyl (C=O) groups excluding carboxylic acids is 2. The number of hydrogen-bond donors (Lipinski definition) is 1. The first-order valence-corrected chi connectivity index (χ1v) is 12.8. The maximum absolute atomic E-state index is 14.3. The van der Waals surface area contributed by atoms with Gasteiger partial charge in [-0.15, -0.1) is 0 Å². The van der Waals surface area contributed by atoms with Gasteiger partial charge >= 0.3 is 0 Å². The normalized spacial score (nSPS) is 12.2. The lowest BCUT2D eigenvalue weighted by Gasteiger charge is -2.31. The number of rotatable bonds is 9. The molecule has 7 nitrogen and oxygen atoms in total. The molecule has 2 aromatic rings. The highest BCUT2D eigenvalue weighted by Crippen LogP contribution is 2.35. The highest BCUT2D eigenvalue weighted by molar-refractivity contribution is 7.92. The molecule has 0 aromatic heterocycles. The third kappa shape index (κ3) is 6.96. The van der Waals surface area contributed by atoms with E-state index in [4.69, 9.17) is 34.8 Å². The van der Waals surface area contributed by atoms with Gasteiger partial charge < -0.3 is 10.2 Å². The van der Waals surface area contributed by atoms with Crippen LogP contribution in [0.5, 0.6) is 0 Å². The number of sulfonamides is 1. The van der Waals surface area contributed by atoms with Gasteiger partial charge in [0, 0.05) is 18.7 Å². The van der Waals surface area contributed by atoms with E-state index in [1.807, 2.05) is 0 Å². The number of likely N-dealkylation sites (N-methyl/N-ethyl adjacent to an activating group) is 1. The number of halogens is 4. The highest BCUT2D eigenvalue weighted by Gasteiger charge is 2.31. The summed E-state index contributed by atoms with van der Waals surface area (Å²) in [5.74, 6) is -1.78. The molecule has 0 fully saturated rings. The van der Waals surface area contributed by atoms with Gasteiger partial charge in [0.05, 0.1) is 27.0 Å². The van der Waals surface area contributed by atoms with Crippen molar-refractivity contribution in [2.75, 3.05) is 23.7 Å². The summed E-state index contributed by atoms with van der Waals surface area (Å²) < 4.78 is 40.1. The Balaban J connectivity index is 2.47. The Morgan fingerprint density at radius 1 is 1.09 bits per heavy atom.